The van der Waals surface area contributed by atoms with Crippen molar-refractivity contribution in [3.8, 4) is 0 Å². The van der Waals surface area contributed by atoms with E-state index in [-0.39, 0.29) is 11.8 Å². The number of piperidine rings is 1. The van der Waals surface area contributed by atoms with E-state index in [9.17, 15) is 18.4 Å². The first kappa shape index (κ1) is 20.1. The molecule has 5 rings (SSSR count). The molecule has 3 aliphatic rings. The number of ether oxygens (including phenoxy) is 1. The molecule has 0 radical (unpaired) electrons. The van der Waals surface area contributed by atoms with Crippen molar-refractivity contribution >= 4 is 11.8 Å². The Morgan fingerprint density at radius 2 is 1.84 bits per heavy atom. The fraction of sp³-hybridized carbons (Fsp3) is 0.435. The van der Waals surface area contributed by atoms with Crippen LogP contribution >= 0.6 is 0 Å². The third-order valence-corrected chi connectivity index (χ3v) is 6.58. The van der Waals surface area contributed by atoms with Crippen molar-refractivity contribution in [3.63, 3.8) is 0 Å². The Hall–Kier alpha value is -2.87. The predicted octanol–water partition coefficient (Wildman–Crippen LogP) is 3.36. The van der Waals surface area contributed by atoms with E-state index in [2.05, 4.69) is 4.98 Å². The summed E-state index contributed by atoms with van der Waals surface area (Å²) in [4.78, 5) is 33.7. The summed E-state index contributed by atoms with van der Waals surface area (Å²) in [5, 5.41) is 0. The summed E-state index contributed by atoms with van der Waals surface area (Å²) in [7, 11) is 0. The smallest absolute Gasteiger partial charge is 0.272 e. The van der Waals surface area contributed by atoms with Crippen molar-refractivity contribution in [2.24, 2.45) is 0 Å². The number of amides is 2. The molecule has 3 fully saturated rings. The van der Waals surface area contributed by atoms with E-state index in [1.807, 2.05) is 13.0 Å². The van der Waals surface area contributed by atoms with E-state index < -0.39 is 29.5 Å². The van der Waals surface area contributed by atoms with Crippen LogP contribution in [-0.2, 0) is 9.53 Å². The van der Waals surface area contributed by atoms with Gasteiger partial charge in [0.15, 0.2) is 5.60 Å². The van der Waals surface area contributed by atoms with Crippen LogP contribution in [0.4, 0.5) is 8.78 Å². The fourth-order valence-electron chi connectivity index (χ4n) is 4.97. The Kier molecular flexibility index (Phi) is 4.77. The number of hydrogen-bond acceptors (Lipinski definition) is 4. The predicted molar refractivity (Wildman–Crippen MR) is 107 cm³/mol. The van der Waals surface area contributed by atoms with Crippen molar-refractivity contribution in [1.29, 1.82) is 0 Å². The van der Waals surface area contributed by atoms with Gasteiger partial charge in [0.1, 0.15) is 23.6 Å². The van der Waals surface area contributed by atoms with Gasteiger partial charge in [-0.1, -0.05) is 6.07 Å². The highest BCUT2D eigenvalue weighted by atomic mass is 19.1. The summed E-state index contributed by atoms with van der Waals surface area (Å²) in [5.74, 6) is -1.62. The van der Waals surface area contributed by atoms with E-state index in [4.69, 9.17) is 4.74 Å². The largest absolute Gasteiger partial charge is 0.342 e. The third-order valence-electron chi connectivity index (χ3n) is 6.58. The van der Waals surface area contributed by atoms with Crippen LogP contribution in [0.15, 0.2) is 36.5 Å². The van der Waals surface area contributed by atoms with Crippen molar-refractivity contribution in [1.82, 2.24) is 14.8 Å². The fourth-order valence-corrected chi connectivity index (χ4v) is 4.97. The van der Waals surface area contributed by atoms with Crippen molar-refractivity contribution in [2.45, 2.75) is 50.5 Å². The van der Waals surface area contributed by atoms with Crippen LogP contribution < -0.4 is 0 Å². The van der Waals surface area contributed by atoms with Crippen LogP contribution in [0.5, 0.6) is 0 Å². The molecule has 4 heterocycles. The minimum Gasteiger partial charge on any atom is -0.342 e. The molecule has 2 atom stereocenters. The molecule has 0 unspecified atom stereocenters. The first-order chi connectivity index (χ1) is 14.9. The van der Waals surface area contributed by atoms with Gasteiger partial charge in [0.2, 0.25) is 0 Å². The highest BCUT2D eigenvalue weighted by Gasteiger charge is 2.58. The van der Waals surface area contributed by atoms with Gasteiger partial charge in [-0.2, -0.15) is 0 Å². The molecule has 0 aliphatic carbocycles. The Bertz CT molecular complexity index is 1010. The first-order valence-electron chi connectivity index (χ1n) is 10.5. The Labute approximate surface area is 178 Å². The van der Waals surface area contributed by atoms with E-state index in [0.717, 1.165) is 11.6 Å². The minimum absolute atomic E-state index is 0.148. The monoisotopic (exact) mass is 427 g/mol. The van der Waals surface area contributed by atoms with Crippen molar-refractivity contribution in [3.05, 3.63) is 65.0 Å². The van der Waals surface area contributed by atoms with Gasteiger partial charge in [-0.3, -0.25) is 14.6 Å². The van der Waals surface area contributed by atoms with E-state index >= 15 is 0 Å². The average molecular weight is 427 g/mol. The molecule has 2 aromatic rings. The number of pyridine rings is 1. The number of benzene rings is 1. The highest BCUT2D eigenvalue weighted by Crippen LogP contribution is 2.47. The number of carbonyl (C=O) groups excluding carboxylic acids is 2. The Morgan fingerprint density at radius 1 is 1.13 bits per heavy atom. The summed E-state index contributed by atoms with van der Waals surface area (Å²) in [6, 6.07) is 6.54. The maximum absolute atomic E-state index is 13.7. The van der Waals surface area contributed by atoms with Crippen molar-refractivity contribution < 1.29 is 23.1 Å². The highest BCUT2D eigenvalue weighted by molar-refractivity contribution is 5.93. The number of rotatable bonds is 2. The van der Waals surface area contributed by atoms with Gasteiger partial charge in [0, 0.05) is 38.2 Å². The standard InChI is InChI=1S/C23H23F2N3O3/c1-14-2-3-18(26-13-14)21(29)27-8-6-23(7-9-27)22(30)28-19(4-5-20(28)31-23)15-10-16(24)12-17(25)11-15/h2-3,10-13,19-20H,4-9H2,1H3/t19-,20+/m0/s1. The number of likely N-dealkylation sites (tertiary alicyclic amines) is 1. The molecule has 3 aliphatic heterocycles. The number of hydrogen-bond donors (Lipinski definition) is 0. The molecular weight excluding hydrogens is 404 g/mol. The molecule has 3 saturated heterocycles. The number of aromatic nitrogens is 1. The second-order valence-corrected chi connectivity index (χ2v) is 8.59. The molecule has 0 bridgehead atoms. The molecule has 31 heavy (non-hydrogen) atoms. The summed E-state index contributed by atoms with van der Waals surface area (Å²) in [6.45, 7) is 2.69. The second kappa shape index (κ2) is 7.37. The summed E-state index contributed by atoms with van der Waals surface area (Å²) < 4.78 is 33.7. The SMILES string of the molecule is Cc1ccc(C(=O)N2CCC3(CC2)O[C@@H]2CC[C@@H](c4cc(F)cc(F)c4)N2C3=O)nc1. The van der Waals surface area contributed by atoms with E-state index in [1.54, 1.807) is 22.1 Å². The van der Waals surface area contributed by atoms with Crippen molar-refractivity contribution in [2.75, 3.05) is 13.1 Å². The molecule has 8 heteroatoms. The Balaban J connectivity index is 1.31. The molecule has 6 nitrogen and oxygen atoms in total. The summed E-state index contributed by atoms with van der Waals surface area (Å²) in [6.07, 6.45) is 3.25. The van der Waals surface area contributed by atoms with Gasteiger partial charge in [0.25, 0.3) is 11.8 Å². The molecule has 0 N–H and O–H groups in total. The van der Waals surface area contributed by atoms with Gasteiger partial charge < -0.3 is 14.5 Å². The van der Waals surface area contributed by atoms with Gasteiger partial charge in [0.05, 0.1) is 6.04 Å². The van der Waals surface area contributed by atoms with Crippen LogP contribution in [-0.4, -0.2) is 51.5 Å². The number of carbonyl (C=O) groups is 2. The topological polar surface area (TPSA) is 62.7 Å². The molecule has 1 aromatic carbocycles. The zero-order valence-corrected chi connectivity index (χ0v) is 17.2. The normalized spacial score (nSPS) is 24.7. The number of fused-ring (bicyclic) bond motifs is 1. The van der Waals surface area contributed by atoms with Crippen LogP contribution in [0.2, 0.25) is 0 Å². The van der Waals surface area contributed by atoms with Gasteiger partial charge >= 0.3 is 0 Å². The van der Waals surface area contributed by atoms with Crippen LogP contribution in [0.3, 0.4) is 0 Å². The van der Waals surface area contributed by atoms with Crippen LogP contribution in [0.1, 0.15) is 53.3 Å². The first-order valence-corrected chi connectivity index (χ1v) is 10.5. The third kappa shape index (κ3) is 3.39. The molecule has 1 aromatic heterocycles. The molecule has 1 spiro atoms. The molecule has 2 amide bonds. The molecule has 0 saturated carbocycles. The lowest BCUT2D eigenvalue weighted by Crippen LogP contribution is -2.51. The van der Waals surface area contributed by atoms with E-state index in [1.165, 1.54) is 12.1 Å². The number of halogens is 2. The molecule has 162 valence electrons. The molecular formula is C23H23F2N3O3. The van der Waals surface area contributed by atoms with Gasteiger partial charge in [-0.15, -0.1) is 0 Å². The number of aryl methyl sites for hydroxylation is 1. The lowest BCUT2D eigenvalue weighted by atomic mass is 9.89. The maximum atomic E-state index is 13.7. The summed E-state index contributed by atoms with van der Waals surface area (Å²) in [5.41, 5.74) is 0.834. The van der Waals surface area contributed by atoms with E-state index in [0.29, 0.717) is 50.0 Å². The minimum atomic E-state index is -0.979. The average Bonchev–Trinajstić information content (AvgIpc) is 3.26. The quantitative estimate of drug-likeness (QED) is 0.737. The zero-order chi connectivity index (χ0) is 21.8. The lowest BCUT2D eigenvalue weighted by molar-refractivity contribution is -0.142. The Morgan fingerprint density at radius 3 is 2.48 bits per heavy atom. The maximum Gasteiger partial charge on any atom is 0.272 e. The van der Waals surface area contributed by atoms with Crippen LogP contribution in [0.25, 0.3) is 0 Å². The lowest BCUT2D eigenvalue weighted by Gasteiger charge is -2.37. The zero-order valence-electron chi connectivity index (χ0n) is 17.2. The number of nitrogens with zero attached hydrogens (tertiary/aromatic N) is 3. The van der Waals surface area contributed by atoms with Gasteiger partial charge in [-0.25, -0.2) is 8.78 Å². The van der Waals surface area contributed by atoms with Crippen LogP contribution in [0, 0.1) is 18.6 Å². The van der Waals surface area contributed by atoms with Gasteiger partial charge in [-0.05, 0) is 49.1 Å². The second-order valence-electron chi connectivity index (χ2n) is 8.59. The summed E-state index contributed by atoms with van der Waals surface area (Å²) >= 11 is 0.